The largest absolute Gasteiger partial charge is 0.379 e. The molecule has 0 radical (unpaired) electrons. The molecule has 1 amide bonds. The molecule has 5 nitrogen and oxygen atoms in total. The number of piperidine rings is 1. The van der Waals surface area contributed by atoms with Gasteiger partial charge < -0.3 is 5.11 Å². The quantitative estimate of drug-likeness (QED) is 0.623. The summed E-state index contributed by atoms with van der Waals surface area (Å²) in [6.07, 6.45) is 2.10. The topological polar surface area (TPSA) is 69.8 Å². The molecule has 0 spiro atoms. The Morgan fingerprint density at radius 3 is 2.70 bits per heavy atom. The number of carbonyl (C=O) groups excluding carboxylic acids is 1. The Morgan fingerprint density at radius 1 is 1.35 bits per heavy atom. The molecule has 20 heavy (non-hydrogen) atoms. The monoisotopic (exact) mass is 275 g/mol. The third-order valence-corrected chi connectivity index (χ3v) is 4.51. The lowest BCUT2D eigenvalue weighted by Gasteiger charge is -2.34. The Morgan fingerprint density at radius 2 is 2.05 bits per heavy atom. The Hall–Kier alpha value is -1.43. The van der Waals surface area contributed by atoms with Gasteiger partial charge in [0.1, 0.15) is 6.23 Å². The Balaban J connectivity index is 1.75. The summed E-state index contributed by atoms with van der Waals surface area (Å²) in [6.45, 7) is 3.63. The lowest BCUT2D eigenvalue weighted by molar-refractivity contribution is -0.117. The average molecular weight is 275 g/mol. The van der Waals surface area contributed by atoms with Crippen molar-refractivity contribution in [2.24, 2.45) is 5.84 Å². The van der Waals surface area contributed by atoms with E-state index in [1.54, 1.807) is 0 Å². The fraction of sp³-hybridized carbons (Fsp3) is 0.533. The number of anilines is 1. The highest BCUT2D eigenvalue weighted by atomic mass is 16.3. The van der Waals surface area contributed by atoms with Gasteiger partial charge in [0.25, 0.3) is 0 Å². The number of likely N-dealkylation sites (tertiary alicyclic amines) is 1. The fourth-order valence-electron chi connectivity index (χ4n) is 3.20. The first-order valence-electron chi connectivity index (χ1n) is 7.19. The molecule has 1 fully saturated rings. The second-order valence-electron chi connectivity index (χ2n) is 5.77. The number of hydrogen-bond donors (Lipinski definition) is 2. The Bertz CT molecular complexity index is 522. The summed E-state index contributed by atoms with van der Waals surface area (Å²) in [5.41, 5.74) is 3.12. The number of aliphatic hydroxyl groups is 1. The minimum Gasteiger partial charge on any atom is -0.379 e. The van der Waals surface area contributed by atoms with E-state index < -0.39 is 0 Å². The number of carbonyl (C=O) groups is 1. The molecule has 3 rings (SSSR count). The molecule has 0 aliphatic carbocycles. The van der Waals surface area contributed by atoms with Gasteiger partial charge in [0.2, 0.25) is 5.91 Å². The van der Waals surface area contributed by atoms with E-state index in [1.165, 1.54) is 10.6 Å². The van der Waals surface area contributed by atoms with Crippen LogP contribution in [0, 0.1) is 0 Å². The number of hydrogen-bond acceptors (Lipinski definition) is 4. The summed E-state index contributed by atoms with van der Waals surface area (Å²) >= 11 is 0. The third kappa shape index (κ3) is 2.32. The van der Waals surface area contributed by atoms with Crippen molar-refractivity contribution < 1.29 is 9.90 Å². The van der Waals surface area contributed by atoms with E-state index in [4.69, 9.17) is 5.84 Å². The van der Waals surface area contributed by atoms with Gasteiger partial charge >= 0.3 is 0 Å². The van der Waals surface area contributed by atoms with Gasteiger partial charge in [-0.15, -0.1) is 0 Å². The molecule has 1 unspecified atom stereocenters. The van der Waals surface area contributed by atoms with Crippen LogP contribution < -0.4 is 10.9 Å². The highest BCUT2D eigenvalue weighted by Gasteiger charge is 2.27. The predicted molar refractivity (Wildman–Crippen MR) is 77.0 cm³/mol. The van der Waals surface area contributed by atoms with Crippen LogP contribution in [-0.2, 0) is 11.2 Å². The smallest absolute Gasteiger partial charge is 0.245 e. The molecule has 5 heteroatoms. The number of amides is 1. The van der Waals surface area contributed by atoms with Crippen LogP contribution in [0.3, 0.4) is 0 Å². The lowest BCUT2D eigenvalue weighted by atomic mass is 9.88. The van der Waals surface area contributed by atoms with Crippen molar-refractivity contribution in [3.8, 4) is 0 Å². The van der Waals surface area contributed by atoms with Crippen molar-refractivity contribution in [1.82, 2.24) is 4.90 Å². The third-order valence-electron chi connectivity index (χ3n) is 4.51. The van der Waals surface area contributed by atoms with Crippen molar-refractivity contribution in [2.75, 3.05) is 18.1 Å². The molecule has 108 valence electrons. The highest BCUT2D eigenvalue weighted by Crippen LogP contribution is 2.34. The first-order chi connectivity index (χ1) is 9.56. The average Bonchev–Trinajstić information content (AvgIpc) is 2.74. The van der Waals surface area contributed by atoms with Crippen molar-refractivity contribution in [3.63, 3.8) is 0 Å². The van der Waals surface area contributed by atoms with Crippen LogP contribution in [-0.4, -0.2) is 35.2 Å². The second-order valence-corrected chi connectivity index (χ2v) is 5.77. The standard InChI is InChI=1S/C15H21N3O2/c1-10(19)17-6-4-11(5-7-17)12-2-3-13-9-15(20)18(16)14(13)8-12/h2-3,8,10-11,19H,4-7,9,16H2,1H3. The highest BCUT2D eigenvalue weighted by molar-refractivity contribution is 6.00. The first-order valence-corrected chi connectivity index (χ1v) is 7.19. The molecule has 1 atom stereocenters. The van der Waals surface area contributed by atoms with Crippen LogP contribution in [0.1, 0.15) is 36.8 Å². The van der Waals surface area contributed by atoms with Crippen molar-refractivity contribution in [2.45, 2.75) is 38.3 Å². The molecular weight excluding hydrogens is 254 g/mol. The van der Waals surface area contributed by atoms with Crippen molar-refractivity contribution in [1.29, 1.82) is 0 Å². The fourth-order valence-corrected chi connectivity index (χ4v) is 3.20. The molecule has 0 bridgehead atoms. The number of rotatable bonds is 2. The van der Waals surface area contributed by atoms with E-state index in [-0.39, 0.29) is 12.1 Å². The predicted octanol–water partition coefficient (Wildman–Crippen LogP) is 0.967. The first kappa shape index (κ1) is 13.5. The summed E-state index contributed by atoms with van der Waals surface area (Å²) < 4.78 is 0. The van der Waals surface area contributed by atoms with E-state index in [1.807, 2.05) is 13.0 Å². The number of fused-ring (bicyclic) bond motifs is 1. The van der Waals surface area contributed by atoms with Crippen LogP contribution in [0.2, 0.25) is 0 Å². The number of aliphatic hydroxyl groups excluding tert-OH is 1. The number of nitrogens with two attached hydrogens (primary N) is 1. The zero-order chi connectivity index (χ0) is 14.3. The van der Waals surface area contributed by atoms with E-state index in [9.17, 15) is 9.90 Å². The minimum atomic E-state index is -0.367. The molecule has 0 aromatic heterocycles. The number of benzene rings is 1. The van der Waals surface area contributed by atoms with Gasteiger partial charge in [-0.1, -0.05) is 12.1 Å². The van der Waals surface area contributed by atoms with Crippen LogP contribution in [0.25, 0.3) is 0 Å². The van der Waals surface area contributed by atoms with Gasteiger partial charge in [-0.25, -0.2) is 10.9 Å². The summed E-state index contributed by atoms with van der Waals surface area (Å²) in [4.78, 5) is 13.7. The maximum Gasteiger partial charge on any atom is 0.245 e. The Kier molecular flexibility index (Phi) is 3.50. The second kappa shape index (κ2) is 5.16. The molecular formula is C15H21N3O2. The summed E-state index contributed by atoms with van der Waals surface area (Å²) in [7, 11) is 0. The van der Waals surface area contributed by atoms with Gasteiger partial charge in [0, 0.05) is 13.1 Å². The molecule has 2 aliphatic heterocycles. The molecule has 3 N–H and O–H groups in total. The van der Waals surface area contributed by atoms with Crippen LogP contribution >= 0.6 is 0 Å². The van der Waals surface area contributed by atoms with Crippen molar-refractivity contribution in [3.05, 3.63) is 29.3 Å². The molecule has 2 aliphatic rings. The summed E-state index contributed by atoms with van der Waals surface area (Å²) in [5, 5.41) is 10.9. The molecule has 1 saturated heterocycles. The van der Waals surface area contributed by atoms with Crippen LogP contribution in [0.4, 0.5) is 5.69 Å². The SMILES string of the molecule is CC(O)N1CCC(c2ccc3c(c2)N(N)C(=O)C3)CC1. The molecule has 1 aromatic rings. The van der Waals surface area contributed by atoms with Crippen LogP contribution in [0.5, 0.6) is 0 Å². The summed E-state index contributed by atoms with van der Waals surface area (Å²) in [5.74, 6) is 6.24. The lowest BCUT2D eigenvalue weighted by Crippen LogP contribution is -2.39. The van der Waals surface area contributed by atoms with E-state index in [2.05, 4.69) is 17.0 Å². The maximum absolute atomic E-state index is 11.6. The zero-order valence-corrected chi connectivity index (χ0v) is 11.7. The van der Waals surface area contributed by atoms with Crippen LogP contribution in [0.15, 0.2) is 18.2 Å². The molecule has 1 aromatic carbocycles. The molecule has 0 saturated carbocycles. The maximum atomic E-state index is 11.6. The van der Waals surface area contributed by atoms with Crippen molar-refractivity contribution >= 4 is 11.6 Å². The summed E-state index contributed by atoms with van der Waals surface area (Å²) in [6, 6.07) is 6.20. The van der Waals surface area contributed by atoms with Gasteiger partial charge in [-0.05, 0) is 42.9 Å². The number of nitrogens with zero attached hydrogens (tertiary/aromatic N) is 2. The number of hydrazine groups is 1. The van der Waals surface area contributed by atoms with Gasteiger partial charge in [-0.3, -0.25) is 9.69 Å². The Labute approximate surface area is 118 Å². The minimum absolute atomic E-state index is 0.0407. The normalized spacial score (nSPS) is 22.1. The van der Waals surface area contributed by atoms with E-state index in [0.29, 0.717) is 12.3 Å². The zero-order valence-electron chi connectivity index (χ0n) is 11.7. The van der Waals surface area contributed by atoms with Gasteiger partial charge in [0.05, 0.1) is 12.1 Å². The van der Waals surface area contributed by atoms with E-state index >= 15 is 0 Å². The van der Waals surface area contributed by atoms with E-state index in [0.717, 1.165) is 37.2 Å². The van der Waals surface area contributed by atoms with Gasteiger partial charge in [-0.2, -0.15) is 0 Å². The van der Waals surface area contributed by atoms with Gasteiger partial charge in [0.15, 0.2) is 0 Å². The molecule has 2 heterocycles.